The summed E-state index contributed by atoms with van der Waals surface area (Å²) in [6.45, 7) is 15.2. The molecule has 1 aromatic heterocycles. The standard InChI is InChI=1S/C27H44OSi/c1-16-15-25(23-10-7-9-22(26(16)23)24-12-11-17(2)28-24)29(13-8-14-29)27-20(5)18(3)19(4)21(27)6/h11-12,16,18-23,25-27H,7-10,13-15H2,1-6H3. The molecule has 162 valence electrons. The number of fused-ring (bicyclic) bond motifs is 1. The molecule has 4 aliphatic rings. The summed E-state index contributed by atoms with van der Waals surface area (Å²) in [5.74, 6) is 9.71. The van der Waals surface area contributed by atoms with Crippen molar-refractivity contribution in [3.8, 4) is 0 Å². The van der Waals surface area contributed by atoms with Crippen LogP contribution in [0.15, 0.2) is 16.5 Å². The fourth-order valence-electron chi connectivity index (χ4n) is 9.60. The molecule has 4 fully saturated rings. The van der Waals surface area contributed by atoms with E-state index < -0.39 is 8.07 Å². The third-order valence-corrected chi connectivity index (χ3v) is 18.3. The highest BCUT2D eigenvalue weighted by Gasteiger charge is 2.63. The third-order valence-electron chi connectivity index (χ3n) is 11.2. The van der Waals surface area contributed by atoms with Gasteiger partial charge in [-0.25, -0.2) is 0 Å². The minimum Gasteiger partial charge on any atom is -0.466 e. The van der Waals surface area contributed by atoms with Crippen LogP contribution >= 0.6 is 0 Å². The topological polar surface area (TPSA) is 13.1 Å². The van der Waals surface area contributed by atoms with Crippen molar-refractivity contribution < 1.29 is 4.42 Å². The number of hydrogen-bond acceptors (Lipinski definition) is 1. The van der Waals surface area contributed by atoms with Gasteiger partial charge in [0.15, 0.2) is 0 Å². The summed E-state index contributed by atoms with van der Waals surface area (Å²) < 4.78 is 6.21. The first kappa shape index (κ1) is 20.4. The molecule has 0 spiro atoms. The molecule has 1 aromatic rings. The second kappa shape index (κ2) is 7.28. The number of rotatable bonds is 3. The summed E-state index contributed by atoms with van der Waals surface area (Å²) in [6.07, 6.45) is 7.42. The molecule has 0 N–H and O–H groups in total. The largest absolute Gasteiger partial charge is 0.466 e. The third kappa shape index (κ3) is 2.90. The molecule has 1 nitrogen and oxygen atoms in total. The van der Waals surface area contributed by atoms with Crippen LogP contribution in [0.5, 0.6) is 0 Å². The number of hydrogen-bond donors (Lipinski definition) is 0. The zero-order chi connectivity index (χ0) is 20.5. The van der Waals surface area contributed by atoms with Gasteiger partial charge in [-0.05, 0) is 84.4 Å². The lowest BCUT2D eigenvalue weighted by atomic mass is 9.70. The van der Waals surface area contributed by atoms with Crippen LogP contribution in [-0.2, 0) is 0 Å². The maximum absolute atomic E-state index is 6.21. The highest BCUT2D eigenvalue weighted by molar-refractivity contribution is 6.85. The lowest BCUT2D eigenvalue weighted by Crippen LogP contribution is -2.54. The number of aryl methyl sites for hydroxylation is 1. The van der Waals surface area contributed by atoms with E-state index in [0.29, 0.717) is 5.92 Å². The van der Waals surface area contributed by atoms with Gasteiger partial charge in [-0.2, -0.15) is 0 Å². The van der Waals surface area contributed by atoms with Gasteiger partial charge >= 0.3 is 0 Å². The van der Waals surface area contributed by atoms with Gasteiger partial charge in [0.05, 0.1) is 8.07 Å². The highest BCUT2D eigenvalue weighted by atomic mass is 28.3. The Balaban J connectivity index is 1.47. The molecule has 3 aliphatic carbocycles. The van der Waals surface area contributed by atoms with Crippen molar-refractivity contribution >= 4 is 8.07 Å². The fraction of sp³-hybridized carbons (Fsp3) is 0.852. The molecular weight excluding hydrogens is 368 g/mol. The molecule has 5 rings (SSSR count). The van der Waals surface area contributed by atoms with E-state index in [4.69, 9.17) is 4.42 Å². The molecule has 2 heterocycles. The zero-order valence-corrected chi connectivity index (χ0v) is 20.8. The molecule has 1 aliphatic heterocycles. The molecule has 0 aromatic carbocycles. The maximum Gasteiger partial charge on any atom is 0.107 e. The minimum absolute atomic E-state index is 0.699. The van der Waals surface area contributed by atoms with Crippen molar-refractivity contribution in [2.24, 2.45) is 41.4 Å². The quantitative estimate of drug-likeness (QED) is 0.455. The van der Waals surface area contributed by atoms with Crippen LogP contribution < -0.4 is 0 Å². The molecule has 29 heavy (non-hydrogen) atoms. The van der Waals surface area contributed by atoms with Crippen LogP contribution in [0.4, 0.5) is 0 Å². The van der Waals surface area contributed by atoms with Crippen molar-refractivity contribution in [3.63, 3.8) is 0 Å². The monoisotopic (exact) mass is 412 g/mol. The Morgan fingerprint density at radius 2 is 1.55 bits per heavy atom. The Morgan fingerprint density at radius 1 is 0.862 bits per heavy atom. The Hall–Kier alpha value is -0.503. The fourth-order valence-corrected chi connectivity index (χ4v) is 17.5. The van der Waals surface area contributed by atoms with Crippen LogP contribution in [0.1, 0.15) is 84.2 Å². The van der Waals surface area contributed by atoms with Crippen LogP contribution in [0.25, 0.3) is 0 Å². The lowest BCUT2D eigenvalue weighted by molar-refractivity contribution is 0.179. The van der Waals surface area contributed by atoms with Gasteiger partial charge in [-0.15, -0.1) is 0 Å². The molecule has 0 radical (unpaired) electrons. The van der Waals surface area contributed by atoms with E-state index in [1.165, 1.54) is 25.0 Å². The highest BCUT2D eigenvalue weighted by Crippen LogP contribution is 2.69. The average Bonchev–Trinajstić information content (AvgIpc) is 3.30. The maximum atomic E-state index is 6.21. The molecule has 0 bridgehead atoms. The van der Waals surface area contributed by atoms with Crippen molar-refractivity contribution in [1.29, 1.82) is 0 Å². The second-order valence-electron chi connectivity index (χ2n) is 12.1. The SMILES string of the molecule is Cc1ccc(C2CCCC3C2C(C)CC3[Si]2(C3C(C)C(C)C(C)C3C)CCC2)o1. The molecule has 9 atom stereocenters. The van der Waals surface area contributed by atoms with E-state index in [-0.39, 0.29) is 0 Å². The van der Waals surface area contributed by atoms with E-state index in [1.807, 2.05) is 0 Å². The summed E-state index contributed by atoms with van der Waals surface area (Å²) >= 11 is 0. The van der Waals surface area contributed by atoms with Gasteiger partial charge in [0.1, 0.15) is 11.5 Å². The van der Waals surface area contributed by atoms with Gasteiger partial charge in [-0.1, -0.05) is 66.0 Å². The Morgan fingerprint density at radius 3 is 2.10 bits per heavy atom. The summed E-state index contributed by atoms with van der Waals surface area (Å²) in [6, 6.07) is 7.83. The normalized spacial score (nSPS) is 49.0. The predicted octanol–water partition coefficient (Wildman–Crippen LogP) is 8.28. The van der Waals surface area contributed by atoms with Crippen molar-refractivity contribution in [2.45, 2.75) is 103 Å². The average molecular weight is 413 g/mol. The van der Waals surface area contributed by atoms with Gasteiger partial charge in [0.2, 0.25) is 0 Å². The predicted molar refractivity (Wildman–Crippen MR) is 125 cm³/mol. The van der Waals surface area contributed by atoms with Crippen molar-refractivity contribution in [2.75, 3.05) is 0 Å². The van der Waals surface area contributed by atoms with Crippen LogP contribution in [0, 0.1) is 48.3 Å². The summed E-state index contributed by atoms with van der Waals surface area (Å²) in [5, 5.41) is 0. The van der Waals surface area contributed by atoms with Crippen LogP contribution in [-0.4, -0.2) is 8.07 Å². The first-order valence-electron chi connectivity index (χ1n) is 12.9. The lowest BCUT2D eigenvalue weighted by Gasteiger charge is -2.55. The van der Waals surface area contributed by atoms with Gasteiger partial charge in [-0.3, -0.25) is 0 Å². The van der Waals surface area contributed by atoms with Gasteiger partial charge in [0, 0.05) is 5.92 Å². The summed E-state index contributed by atoms with van der Waals surface area (Å²) in [4.78, 5) is 0. The molecule has 3 saturated carbocycles. The van der Waals surface area contributed by atoms with Gasteiger partial charge in [0.25, 0.3) is 0 Å². The van der Waals surface area contributed by atoms with E-state index in [9.17, 15) is 0 Å². The number of furan rings is 1. The molecule has 0 amide bonds. The zero-order valence-electron chi connectivity index (χ0n) is 19.8. The molecule has 1 saturated heterocycles. The van der Waals surface area contributed by atoms with Crippen LogP contribution in [0.3, 0.4) is 0 Å². The summed E-state index contributed by atoms with van der Waals surface area (Å²) in [5.41, 5.74) is 2.21. The van der Waals surface area contributed by atoms with Crippen molar-refractivity contribution in [3.05, 3.63) is 23.7 Å². The minimum atomic E-state index is -1.19. The smallest absolute Gasteiger partial charge is 0.107 e. The first-order valence-corrected chi connectivity index (χ1v) is 15.5. The molecule has 2 heteroatoms. The first-order chi connectivity index (χ1) is 13.8. The molecular formula is C27H44OSi. The van der Waals surface area contributed by atoms with E-state index in [2.05, 4.69) is 53.7 Å². The summed E-state index contributed by atoms with van der Waals surface area (Å²) in [7, 11) is -1.19. The van der Waals surface area contributed by atoms with Crippen LogP contribution in [0.2, 0.25) is 23.2 Å². The second-order valence-corrected chi connectivity index (χ2v) is 17.0. The Bertz CT molecular complexity index is 719. The van der Waals surface area contributed by atoms with Crippen molar-refractivity contribution in [1.82, 2.24) is 0 Å². The van der Waals surface area contributed by atoms with E-state index >= 15 is 0 Å². The van der Waals surface area contributed by atoms with E-state index in [1.54, 1.807) is 24.9 Å². The van der Waals surface area contributed by atoms with Gasteiger partial charge < -0.3 is 4.42 Å². The Kier molecular flexibility index (Phi) is 5.12. The Labute approximate surface area is 180 Å². The van der Waals surface area contributed by atoms with E-state index in [0.717, 1.165) is 58.3 Å². The molecule has 9 unspecified atom stereocenters.